The fourth-order valence-electron chi connectivity index (χ4n) is 2.34. The second kappa shape index (κ2) is 5.97. The van der Waals surface area contributed by atoms with Crippen LogP contribution in [0.1, 0.15) is 42.1 Å². The molecule has 0 N–H and O–H groups in total. The van der Waals surface area contributed by atoms with E-state index in [1.165, 1.54) is 24.8 Å². The number of benzene rings is 1. The second-order valence-corrected chi connectivity index (χ2v) is 4.81. The second-order valence-electron chi connectivity index (χ2n) is 4.81. The Hall–Kier alpha value is -1.15. The molecule has 1 heterocycles. The fourth-order valence-corrected chi connectivity index (χ4v) is 2.34. The number of carbonyl (C=O) groups is 1. The van der Waals surface area contributed by atoms with E-state index in [1.54, 1.807) is 0 Å². The quantitative estimate of drug-likeness (QED) is 0.743. The average Bonchev–Trinajstić information content (AvgIpc) is 2.40. The van der Waals surface area contributed by atoms with E-state index in [-0.39, 0.29) is 5.78 Å². The van der Waals surface area contributed by atoms with Crippen LogP contribution in [0.2, 0.25) is 0 Å². The molecule has 0 bridgehead atoms. The van der Waals surface area contributed by atoms with Crippen molar-refractivity contribution in [3.05, 3.63) is 35.4 Å². The molecule has 0 atom stereocenters. The summed E-state index contributed by atoms with van der Waals surface area (Å²) in [6, 6.07) is 8.04. The number of aryl methyl sites for hydroxylation is 1. The van der Waals surface area contributed by atoms with E-state index in [4.69, 9.17) is 0 Å². The minimum Gasteiger partial charge on any atom is -0.296 e. The molecule has 2 heteroatoms. The van der Waals surface area contributed by atoms with Crippen LogP contribution in [0.15, 0.2) is 24.3 Å². The molecule has 0 amide bonds. The minimum absolute atomic E-state index is 0.259. The van der Waals surface area contributed by atoms with Gasteiger partial charge in [0.15, 0.2) is 5.78 Å². The molecule has 0 saturated carbocycles. The van der Waals surface area contributed by atoms with Crippen molar-refractivity contribution in [3.8, 4) is 0 Å². The number of likely N-dealkylation sites (tertiary alicyclic amines) is 1. The van der Waals surface area contributed by atoms with Gasteiger partial charge in [-0.1, -0.05) is 37.6 Å². The number of hydrogen-bond acceptors (Lipinski definition) is 2. The van der Waals surface area contributed by atoms with Crippen LogP contribution < -0.4 is 0 Å². The van der Waals surface area contributed by atoms with Crippen LogP contribution in [0.3, 0.4) is 0 Å². The molecular weight excluding hydrogens is 210 g/mol. The summed E-state index contributed by atoms with van der Waals surface area (Å²) in [4.78, 5) is 14.3. The summed E-state index contributed by atoms with van der Waals surface area (Å²) in [5, 5.41) is 0. The average molecular weight is 231 g/mol. The van der Waals surface area contributed by atoms with Gasteiger partial charge in [-0.05, 0) is 37.9 Å². The zero-order valence-electron chi connectivity index (χ0n) is 10.6. The molecule has 0 spiro atoms. The lowest BCUT2D eigenvalue weighted by Gasteiger charge is -2.25. The Kier molecular flexibility index (Phi) is 4.32. The maximum absolute atomic E-state index is 12.1. The van der Waals surface area contributed by atoms with Crippen molar-refractivity contribution in [1.29, 1.82) is 0 Å². The van der Waals surface area contributed by atoms with Crippen LogP contribution in [0.25, 0.3) is 0 Å². The third kappa shape index (κ3) is 3.40. The minimum atomic E-state index is 0.259. The van der Waals surface area contributed by atoms with E-state index in [0.29, 0.717) is 6.54 Å². The summed E-state index contributed by atoms with van der Waals surface area (Å²) < 4.78 is 0. The summed E-state index contributed by atoms with van der Waals surface area (Å²) in [5.74, 6) is 0.259. The summed E-state index contributed by atoms with van der Waals surface area (Å²) in [7, 11) is 0. The van der Waals surface area contributed by atoms with Crippen LogP contribution >= 0.6 is 0 Å². The van der Waals surface area contributed by atoms with Crippen LogP contribution in [0.5, 0.6) is 0 Å². The first-order valence-corrected chi connectivity index (χ1v) is 6.64. The maximum atomic E-state index is 12.1. The molecular formula is C15H21NO. The molecule has 0 unspecified atom stereocenters. The zero-order chi connectivity index (χ0) is 12.1. The van der Waals surface area contributed by atoms with Gasteiger partial charge in [0.05, 0.1) is 6.54 Å². The highest BCUT2D eigenvalue weighted by molar-refractivity contribution is 5.97. The van der Waals surface area contributed by atoms with Gasteiger partial charge in [0, 0.05) is 5.56 Å². The smallest absolute Gasteiger partial charge is 0.176 e. The molecule has 92 valence electrons. The van der Waals surface area contributed by atoms with Crippen molar-refractivity contribution in [2.45, 2.75) is 32.6 Å². The highest BCUT2D eigenvalue weighted by Crippen LogP contribution is 2.11. The predicted octanol–water partition coefficient (Wildman–Crippen LogP) is 2.92. The summed E-state index contributed by atoms with van der Waals surface area (Å²) >= 11 is 0. The first-order chi connectivity index (χ1) is 8.29. The van der Waals surface area contributed by atoms with Gasteiger partial charge in [0.25, 0.3) is 0 Å². The third-order valence-corrected chi connectivity index (χ3v) is 3.50. The Morgan fingerprint density at radius 1 is 1.12 bits per heavy atom. The number of hydrogen-bond donors (Lipinski definition) is 0. The standard InChI is InChI=1S/C15H21NO/c1-2-13-6-8-14(9-7-13)15(17)12-16-10-4-3-5-11-16/h6-9H,2-5,10-12H2,1H3. The maximum Gasteiger partial charge on any atom is 0.176 e. The fraction of sp³-hybridized carbons (Fsp3) is 0.533. The monoisotopic (exact) mass is 231 g/mol. The highest BCUT2D eigenvalue weighted by atomic mass is 16.1. The van der Waals surface area contributed by atoms with E-state index in [1.807, 2.05) is 12.1 Å². The van der Waals surface area contributed by atoms with Gasteiger partial charge in [0.2, 0.25) is 0 Å². The van der Waals surface area contributed by atoms with E-state index >= 15 is 0 Å². The lowest BCUT2D eigenvalue weighted by Crippen LogP contribution is -2.34. The highest BCUT2D eigenvalue weighted by Gasteiger charge is 2.14. The lowest BCUT2D eigenvalue weighted by molar-refractivity contribution is 0.0915. The van der Waals surface area contributed by atoms with E-state index in [2.05, 4.69) is 24.0 Å². The van der Waals surface area contributed by atoms with Gasteiger partial charge < -0.3 is 0 Å². The molecule has 1 saturated heterocycles. The van der Waals surface area contributed by atoms with Crippen molar-refractivity contribution in [1.82, 2.24) is 4.90 Å². The largest absolute Gasteiger partial charge is 0.296 e. The summed E-state index contributed by atoms with van der Waals surface area (Å²) in [6.07, 6.45) is 4.82. The van der Waals surface area contributed by atoms with Gasteiger partial charge >= 0.3 is 0 Å². The third-order valence-electron chi connectivity index (χ3n) is 3.50. The predicted molar refractivity (Wildman–Crippen MR) is 70.4 cm³/mol. The first-order valence-electron chi connectivity index (χ1n) is 6.64. The first kappa shape index (κ1) is 12.3. The van der Waals surface area contributed by atoms with Crippen molar-refractivity contribution in [2.24, 2.45) is 0 Å². The van der Waals surface area contributed by atoms with Gasteiger partial charge in [-0.25, -0.2) is 0 Å². The van der Waals surface area contributed by atoms with Crippen molar-refractivity contribution < 1.29 is 4.79 Å². The molecule has 1 aliphatic rings. The molecule has 1 aromatic rings. The number of carbonyl (C=O) groups excluding carboxylic acids is 1. The molecule has 1 fully saturated rings. The van der Waals surface area contributed by atoms with Gasteiger partial charge in [0.1, 0.15) is 0 Å². The number of ketones is 1. The Balaban J connectivity index is 1.93. The molecule has 0 aromatic heterocycles. The molecule has 0 aliphatic carbocycles. The SMILES string of the molecule is CCc1ccc(C(=O)CN2CCCCC2)cc1. The van der Waals surface area contributed by atoms with Crippen molar-refractivity contribution in [3.63, 3.8) is 0 Å². The number of piperidine rings is 1. The van der Waals surface area contributed by atoms with Gasteiger partial charge in [-0.2, -0.15) is 0 Å². The topological polar surface area (TPSA) is 20.3 Å². The van der Waals surface area contributed by atoms with Gasteiger partial charge in [-0.15, -0.1) is 0 Å². The van der Waals surface area contributed by atoms with Crippen LogP contribution in [0, 0.1) is 0 Å². The molecule has 17 heavy (non-hydrogen) atoms. The molecule has 2 rings (SSSR count). The van der Waals surface area contributed by atoms with E-state index < -0.39 is 0 Å². The van der Waals surface area contributed by atoms with Crippen molar-refractivity contribution in [2.75, 3.05) is 19.6 Å². The Morgan fingerprint density at radius 2 is 1.76 bits per heavy atom. The number of rotatable bonds is 4. The summed E-state index contributed by atoms with van der Waals surface area (Å²) in [6.45, 7) is 4.88. The summed E-state index contributed by atoms with van der Waals surface area (Å²) in [5.41, 5.74) is 2.15. The molecule has 1 aliphatic heterocycles. The number of Topliss-reactive ketones (excluding diaryl/α,β-unsaturated/α-hetero) is 1. The molecule has 1 aromatic carbocycles. The normalized spacial score (nSPS) is 17.0. The Morgan fingerprint density at radius 3 is 2.35 bits per heavy atom. The Bertz CT molecular complexity index is 363. The molecule has 0 radical (unpaired) electrons. The van der Waals surface area contributed by atoms with E-state index in [0.717, 1.165) is 25.1 Å². The zero-order valence-corrected chi connectivity index (χ0v) is 10.6. The number of nitrogens with zero attached hydrogens (tertiary/aromatic N) is 1. The van der Waals surface area contributed by atoms with E-state index in [9.17, 15) is 4.79 Å². The van der Waals surface area contributed by atoms with Gasteiger partial charge in [-0.3, -0.25) is 9.69 Å². The van der Waals surface area contributed by atoms with Crippen LogP contribution in [-0.2, 0) is 6.42 Å². The van der Waals surface area contributed by atoms with Crippen LogP contribution in [0.4, 0.5) is 0 Å². The Labute approximate surface area is 104 Å². The van der Waals surface area contributed by atoms with Crippen LogP contribution in [-0.4, -0.2) is 30.3 Å². The van der Waals surface area contributed by atoms with Crippen molar-refractivity contribution >= 4 is 5.78 Å². The lowest BCUT2D eigenvalue weighted by atomic mass is 10.1. The molecule has 2 nitrogen and oxygen atoms in total.